The van der Waals surface area contributed by atoms with E-state index in [2.05, 4.69) is 17.1 Å². The maximum absolute atomic E-state index is 11.9. The number of carbonyl (C=O) groups excluding carboxylic acids is 1. The highest BCUT2D eigenvalue weighted by molar-refractivity contribution is 5.82. The van der Waals surface area contributed by atoms with Crippen LogP contribution in [-0.4, -0.2) is 42.5 Å². The molecule has 2 atom stereocenters. The van der Waals surface area contributed by atoms with Crippen molar-refractivity contribution in [1.82, 2.24) is 10.2 Å². The summed E-state index contributed by atoms with van der Waals surface area (Å²) < 4.78 is 0. The molecule has 1 amide bonds. The molecule has 1 rings (SSSR count). The molecule has 0 bridgehead atoms. The van der Waals surface area contributed by atoms with E-state index in [0.717, 1.165) is 19.5 Å². The van der Waals surface area contributed by atoms with Gasteiger partial charge in [0.15, 0.2) is 0 Å². The number of amides is 1. The molecule has 0 aromatic heterocycles. The molecule has 1 aliphatic rings. The van der Waals surface area contributed by atoms with E-state index in [1.54, 1.807) is 0 Å². The first kappa shape index (κ1) is 16.4. The van der Waals surface area contributed by atoms with E-state index in [1.807, 2.05) is 20.8 Å². The van der Waals surface area contributed by atoms with Crippen LogP contribution >= 0.6 is 0 Å². The molecular formula is C15H31N3O. The smallest absolute Gasteiger partial charge is 0.237 e. The molecule has 1 saturated heterocycles. The Hall–Kier alpha value is -0.610. The van der Waals surface area contributed by atoms with Crippen molar-refractivity contribution < 1.29 is 4.79 Å². The number of nitrogens with one attached hydrogen (secondary N) is 1. The number of nitrogens with zero attached hydrogens (tertiary/aromatic N) is 1. The molecule has 4 nitrogen and oxygen atoms in total. The Morgan fingerprint density at radius 3 is 2.68 bits per heavy atom. The number of hydrogen-bond donors (Lipinski definition) is 2. The normalized spacial score (nSPS) is 23.1. The van der Waals surface area contributed by atoms with Crippen LogP contribution in [0.2, 0.25) is 0 Å². The Morgan fingerprint density at radius 2 is 2.11 bits per heavy atom. The van der Waals surface area contributed by atoms with Gasteiger partial charge >= 0.3 is 0 Å². The Balaban J connectivity index is 2.18. The van der Waals surface area contributed by atoms with Crippen LogP contribution in [-0.2, 0) is 4.79 Å². The highest BCUT2D eigenvalue weighted by atomic mass is 16.2. The summed E-state index contributed by atoms with van der Waals surface area (Å²) in [7, 11) is 0. The van der Waals surface area contributed by atoms with E-state index < -0.39 is 6.04 Å². The summed E-state index contributed by atoms with van der Waals surface area (Å²) in [6.07, 6.45) is 4.98. The Morgan fingerprint density at radius 1 is 1.42 bits per heavy atom. The molecule has 0 aliphatic carbocycles. The minimum atomic E-state index is -0.429. The quantitative estimate of drug-likeness (QED) is 0.748. The third kappa shape index (κ3) is 5.49. The van der Waals surface area contributed by atoms with Crippen molar-refractivity contribution in [3.8, 4) is 0 Å². The number of rotatable bonds is 5. The van der Waals surface area contributed by atoms with Gasteiger partial charge in [-0.05, 0) is 38.1 Å². The van der Waals surface area contributed by atoms with E-state index in [-0.39, 0.29) is 11.3 Å². The standard InChI is InChI=1S/C15H31N3O/c1-12-8-5-6-10-18(12)11-7-9-17-14(19)13(16)15(2,3)4/h12-13H,5-11,16H2,1-4H3,(H,17,19)/t12?,13-/m0/s1. The molecule has 1 aliphatic heterocycles. The zero-order valence-electron chi connectivity index (χ0n) is 13.0. The zero-order chi connectivity index (χ0) is 14.5. The number of hydrogen-bond acceptors (Lipinski definition) is 3. The highest BCUT2D eigenvalue weighted by Crippen LogP contribution is 2.17. The summed E-state index contributed by atoms with van der Waals surface area (Å²) in [4.78, 5) is 14.4. The maximum Gasteiger partial charge on any atom is 0.237 e. The molecule has 19 heavy (non-hydrogen) atoms. The van der Waals surface area contributed by atoms with Gasteiger partial charge in [0.1, 0.15) is 0 Å². The molecule has 0 saturated carbocycles. The Kier molecular flexibility index (Phi) is 6.27. The Bertz CT molecular complexity index is 286. The van der Waals surface area contributed by atoms with E-state index in [1.165, 1.54) is 25.8 Å². The first-order chi connectivity index (χ1) is 8.82. The summed E-state index contributed by atoms with van der Waals surface area (Å²) >= 11 is 0. The lowest BCUT2D eigenvalue weighted by molar-refractivity contribution is -0.124. The van der Waals surface area contributed by atoms with E-state index >= 15 is 0 Å². The first-order valence-corrected chi connectivity index (χ1v) is 7.59. The summed E-state index contributed by atoms with van der Waals surface area (Å²) in [5.74, 6) is -0.0285. The van der Waals surface area contributed by atoms with Crippen LogP contribution in [0.4, 0.5) is 0 Å². The predicted molar refractivity (Wildman–Crippen MR) is 79.9 cm³/mol. The molecule has 0 aromatic rings. The fraction of sp³-hybridized carbons (Fsp3) is 0.933. The summed E-state index contributed by atoms with van der Waals surface area (Å²) in [6.45, 7) is 11.3. The minimum Gasteiger partial charge on any atom is -0.355 e. The SMILES string of the molecule is CC1CCCCN1CCCNC(=O)[C@H](N)C(C)(C)C. The minimum absolute atomic E-state index is 0.0285. The molecule has 0 aromatic carbocycles. The van der Waals surface area contributed by atoms with Crippen LogP contribution in [0.25, 0.3) is 0 Å². The second-order valence-electron chi connectivity index (χ2n) is 6.87. The van der Waals surface area contributed by atoms with Crippen molar-refractivity contribution in [1.29, 1.82) is 0 Å². The monoisotopic (exact) mass is 269 g/mol. The van der Waals surface area contributed by atoms with Gasteiger partial charge in [-0.15, -0.1) is 0 Å². The fourth-order valence-electron chi connectivity index (χ4n) is 2.49. The summed E-state index contributed by atoms with van der Waals surface area (Å²) in [5, 5.41) is 2.95. The van der Waals surface area contributed by atoms with Crippen LogP contribution < -0.4 is 11.1 Å². The molecule has 1 fully saturated rings. The van der Waals surface area contributed by atoms with Gasteiger partial charge in [-0.1, -0.05) is 27.2 Å². The topological polar surface area (TPSA) is 58.4 Å². The van der Waals surface area contributed by atoms with Crippen molar-refractivity contribution in [2.24, 2.45) is 11.1 Å². The van der Waals surface area contributed by atoms with Gasteiger partial charge in [-0.3, -0.25) is 4.79 Å². The fourth-order valence-corrected chi connectivity index (χ4v) is 2.49. The van der Waals surface area contributed by atoms with Crippen LogP contribution in [0, 0.1) is 5.41 Å². The third-order valence-electron chi connectivity index (χ3n) is 4.08. The second kappa shape index (κ2) is 7.25. The van der Waals surface area contributed by atoms with Gasteiger partial charge in [0, 0.05) is 19.1 Å². The lowest BCUT2D eigenvalue weighted by Gasteiger charge is -2.33. The van der Waals surface area contributed by atoms with Gasteiger partial charge in [-0.25, -0.2) is 0 Å². The van der Waals surface area contributed by atoms with Gasteiger partial charge < -0.3 is 16.0 Å². The van der Waals surface area contributed by atoms with Crippen molar-refractivity contribution in [3.05, 3.63) is 0 Å². The Labute approximate surface area is 118 Å². The zero-order valence-corrected chi connectivity index (χ0v) is 13.0. The first-order valence-electron chi connectivity index (χ1n) is 7.59. The van der Waals surface area contributed by atoms with E-state index in [9.17, 15) is 4.79 Å². The molecule has 0 spiro atoms. The van der Waals surface area contributed by atoms with Gasteiger partial charge in [-0.2, -0.15) is 0 Å². The molecular weight excluding hydrogens is 238 g/mol. The number of piperidine rings is 1. The number of carbonyl (C=O) groups is 1. The maximum atomic E-state index is 11.9. The van der Waals surface area contributed by atoms with Gasteiger partial charge in [0.05, 0.1) is 6.04 Å². The lowest BCUT2D eigenvalue weighted by Crippen LogP contribution is -2.49. The molecule has 112 valence electrons. The van der Waals surface area contributed by atoms with E-state index in [0.29, 0.717) is 6.04 Å². The molecule has 1 unspecified atom stereocenters. The third-order valence-corrected chi connectivity index (χ3v) is 4.08. The average molecular weight is 269 g/mol. The van der Waals surface area contributed by atoms with Crippen molar-refractivity contribution in [3.63, 3.8) is 0 Å². The van der Waals surface area contributed by atoms with Crippen LogP contribution in [0.5, 0.6) is 0 Å². The number of likely N-dealkylation sites (tertiary alicyclic amines) is 1. The van der Waals surface area contributed by atoms with Crippen molar-refractivity contribution in [2.45, 2.75) is 65.5 Å². The van der Waals surface area contributed by atoms with Crippen LogP contribution in [0.15, 0.2) is 0 Å². The van der Waals surface area contributed by atoms with Crippen LogP contribution in [0.1, 0.15) is 53.4 Å². The predicted octanol–water partition coefficient (Wildman–Crippen LogP) is 1.74. The second-order valence-corrected chi connectivity index (χ2v) is 6.87. The van der Waals surface area contributed by atoms with Crippen molar-refractivity contribution in [2.75, 3.05) is 19.6 Å². The summed E-state index contributed by atoms with van der Waals surface area (Å²) in [6, 6.07) is 0.266. The molecule has 4 heteroatoms. The largest absolute Gasteiger partial charge is 0.355 e. The number of nitrogens with two attached hydrogens (primary N) is 1. The van der Waals surface area contributed by atoms with Gasteiger partial charge in [0.2, 0.25) is 5.91 Å². The van der Waals surface area contributed by atoms with Crippen LogP contribution in [0.3, 0.4) is 0 Å². The summed E-state index contributed by atoms with van der Waals surface area (Å²) in [5.41, 5.74) is 5.74. The highest BCUT2D eigenvalue weighted by Gasteiger charge is 2.27. The molecule has 0 radical (unpaired) electrons. The lowest BCUT2D eigenvalue weighted by atomic mass is 9.87. The van der Waals surface area contributed by atoms with Crippen molar-refractivity contribution >= 4 is 5.91 Å². The average Bonchev–Trinajstić information content (AvgIpc) is 2.34. The van der Waals surface area contributed by atoms with E-state index in [4.69, 9.17) is 5.73 Å². The molecule has 3 N–H and O–H groups in total. The molecule has 1 heterocycles. The van der Waals surface area contributed by atoms with Gasteiger partial charge in [0.25, 0.3) is 0 Å².